The lowest BCUT2D eigenvalue weighted by molar-refractivity contribution is -0.126. The first-order valence-electron chi connectivity index (χ1n) is 7.70. The van der Waals surface area contributed by atoms with Crippen molar-refractivity contribution in [1.29, 1.82) is 0 Å². The molecule has 116 valence electrons. The number of aryl methyl sites for hydroxylation is 1. The highest BCUT2D eigenvalue weighted by atomic mass is 32.1. The maximum absolute atomic E-state index is 12.5. The Hall–Kier alpha value is -0.910. The van der Waals surface area contributed by atoms with Crippen LogP contribution in [0.4, 0.5) is 0 Å². The maximum Gasteiger partial charge on any atom is 0.224 e. The van der Waals surface area contributed by atoms with Gasteiger partial charge in [0.25, 0.3) is 0 Å². The topological polar surface area (TPSA) is 58.6 Å². The van der Waals surface area contributed by atoms with Crippen LogP contribution in [-0.4, -0.2) is 36.4 Å². The molecule has 0 spiro atoms. The summed E-state index contributed by atoms with van der Waals surface area (Å²) in [7, 11) is 0. The van der Waals surface area contributed by atoms with Gasteiger partial charge in [-0.05, 0) is 49.6 Å². The molecule has 1 aliphatic carbocycles. The zero-order chi connectivity index (χ0) is 14.9. The minimum absolute atomic E-state index is 0.110. The third kappa shape index (κ3) is 3.15. The quantitative estimate of drug-likeness (QED) is 0.877. The number of aliphatic hydroxyl groups excluding tert-OH is 1. The van der Waals surface area contributed by atoms with E-state index in [0.29, 0.717) is 25.6 Å². The van der Waals surface area contributed by atoms with E-state index < -0.39 is 0 Å². The van der Waals surface area contributed by atoms with Crippen LogP contribution < -0.4 is 5.32 Å². The van der Waals surface area contributed by atoms with Crippen molar-refractivity contribution in [2.24, 2.45) is 5.92 Å². The Morgan fingerprint density at radius 2 is 2.29 bits per heavy atom. The number of nitrogens with one attached hydrogen (secondary N) is 1. The third-order valence-corrected chi connectivity index (χ3v) is 5.95. The number of carbonyl (C=O) groups excluding carboxylic acids is 1. The van der Waals surface area contributed by atoms with Gasteiger partial charge in [0.05, 0.1) is 0 Å². The maximum atomic E-state index is 12.5. The molecule has 1 aliphatic heterocycles. The first kappa shape index (κ1) is 15.0. The van der Waals surface area contributed by atoms with E-state index >= 15 is 0 Å². The van der Waals surface area contributed by atoms with Crippen molar-refractivity contribution >= 4 is 17.2 Å². The second-order valence-electron chi connectivity index (χ2n) is 6.27. The van der Waals surface area contributed by atoms with E-state index in [1.165, 1.54) is 10.4 Å². The number of thiophene rings is 1. The first-order valence-corrected chi connectivity index (χ1v) is 8.58. The molecule has 2 aliphatic rings. The Bertz CT molecular complexity index is 502. The SMILES string of the molecule is Cc1ccsc1C1CC1C(=O)NC1(CCO)CCOCC1. The number of hydrogen-bond donors (Lipinski definition) is 2. The van der Waals surface area contributed by atoms with Crippen LogP contribution >= 0.6 is 11.3 Å². The summed E-state index contributed by atoms with van der Waals surface area (Å²) in [6.07, 6.45) is 3.18. The summed E-state index contributed by atoms with van der Waals surface area (Å²) < 4.78 is 5.39. The van der Waals surface area contributed by atoms with E-state index in [4.69, 9.17) is 4.74 Å². The lowest BCUT2D eigenvalue weighted by Crippen LogP contribution is -2.53. The number of rotatable bonds is 5. The zero-order valence-corrected chi connectivity index (χ0v) is 13.2. The van der Waals surface area contributed by atoms with E-state index in [1.807, 2.05) is 0 Å². The molecular weight excluding hydrogens is 286 g/mol. The van der Waals surface area contributed by atoms with Gasteiger partial charge in [-0.25, -0.2) is 0 Å². The average Bonchev–Trinajstić information content (AvgIpc) is 3.15. The lowest BCUT2D eigenvalue weighted by atomic mass is 9.86. The van der Waals surface area contributed by atoms with Crippen molar-refractivity contribution < 1.29 is 14.6 Å². The molecule has 3 rings (SSSR count). The summed E-state index contributed by atoms with van der Waals surface area (Å²) in [5, 5.41) is 14.6. The fourth-order valence-corrected chi connectivity index (χ4v) is 4.41. The number of aliphatic hydroxyl groups is 1. The summed E-state index contributed by atoms with van der Waals surface area (Å²) in [5.74, 6) is 0.667. The highest BCUT2D eigenvalue weighted by Gasteiger charge is 2.47. The standard InChI is InChI=1S/C16H23NO3S/c1-11-2-9-21-14(11)12-10-13(12)15(19)17-16(3-6-18)4-7-20-8-5-16/h2,9,12-13,18H,3-8,10H2,1H3,(H,17,19). The Morgan fingerprint density at radius 1 is 1.52 bits per heavy atom. The third-order valence-electron chi connectivity index (χ3n) is 4.79. The molecule has 2 atom stereocenters. The monoisotopic (exact) mass is 309 g/mol. The van der Waals surface area contributed by atoms with Gasteiger partial charge >= 0.3 is 0 Å². The number of hydrogen-bond acceptors (Lipinski definition) is 4. The lowest BCUT2D eigenvalue weighted by Gasteiger charge is -2.37. The predicted octanol–water partition coefficient (Wildman–Crippen LogP) is 2.21. The Balaban J connectivity index is 1.62. The van der Waals surface area contributed by atoms with Crippen LogP contribution in [0.3, 0.4) is 0 Å². The van der Waals surface area contributed by atoms with E-state index in [-0.39, 0.29) is 24.0 Å². The minimum Gasteiger partial charge on any atom is -0.396 e. The van der Waals surface area contributed by atoms with Crippen molar-refractivity contribution in [2.45, 2.75) is 44.1 Å². The van der Waals surface area contributed by atoms with Crippen LogP contribution in [0.1, 0.15) is 42.0 Å². The Labute approximate surface area is 129 Å². The molecule has 2 heterocycles. The van der Waals surface area contributed by atoms with E-state index in [1.54, 1.807) is 11.3 Å². The van der Waals surface area contributed by atoms with Crippen molar-refractivity contribution in [2.75, 3.05) is 19.8 Å². The molecule has 5 heteroatoms. The van der Waals surface area contributed by atoms with Gasteiger partial charge in [0.15, 0.2) is 0 Å². The van der Waals surface area contributed by atoms with Crippen molar-refractivity contribution in [3.05, 3.63) is 21.9 Å². The molecule has 21 heavy (non-hydrogen) atoms. The van der Waals surface area contributed by atoms with Gasteiger partial charge in [0, 0.05) is 42.1 Å². The Kier molecular flexibility index (Phi) is 4.33. The number of amides is 1. The van der Waals surface area contributed by atoms with E-state index in [9.17, 15) is 9.90 Å². The number of carbonyl (C=O) groups is 1. The molecule has 1 aromatic rings. The summed E-state index contributed by atoms with van der Waals surface area (Å²) >= 11 is 1.76. The van der Waals surface area contributed by atoms with Crippen LogP contribution in [0.2, 0.25) is 0 Å². The highest BCUT2D eigenvalue weighted by molar-refractivity contribution is 7.10. The largest absolute Gasteiger partial charge is 0.396 e. The van der Waals surface area contributed by atoms with E-state index in [2.05, 4.69) is 23.7 Å². The molecule has 2 unspecified atom stereocenters. The average molecular weight is 309 g/mol. The zero-order valence-electron chi connectivity index (χ0n) is 12.4. The minimum atomic E-state index is -0.262. The van der Waals surface area contributed by atoms with Crippen LogP contribution in [0.5, 0.6) is 0 Å². The molecule has 1 aromatic heterocycles. The summed E-state index contributed by atoms with van der Waals surface area (Å²) in [4.78, 5) is 13.9. The van der Waals surface area contributed by atoms with Crippen molar-refractivity contribution in [1.82, 2.24) is 5.32 Å². The second-order valence-corrected chi connectivity index (χ2v) is 7.22. The van der Waals surface area contributed by atoms with Crippen LogP contribution in [0.25, 0.3) is 0 Å². The van der Waals surface area contributed by atoms with Crippen molar-refractivity contribution in [3.8, 4) is 0 Å². The molecule has 1 saturated carbocycles. The Morgan fingerprint density at radius 3 is 2.90 bits per heavy atom. The van der Waals surface area contributed by atoms with Gasteiger partial charge in [-0.15, -0.1) is 11.3 Å². The fraction of sp³-hybridized carbons (Fsp3) is 0.688. The number of ether oxygens (including phenoxy) is 1. The van der Waals surface area contributed by atoms with Gasteiger partial charge in [0.1, 0.15) is 0 Å². The molecular formula is C16H23NO3S. The van der Waals surface area contributed by atoms with Crippen LogP contribution in [0.15, 0.2) is 11.4 Å². The second kappa shape index (κ2) is 6.07. The molecule has 2 fully saturated rings. The molecule has 0 aromatic carbocycles. The summed E-state index contributed by atoms with van der Waals surface area (Å²) in [6.45, 7) is 3.56. The summed E-state index contributed by atoms with van der Waals surface area (Å²) in [6, 6.07) is 2.12. The van der Waals surface area contributed by atoms with Crippen LogP contribution in [0, 0.1) is 12.8 Å². The van der Waals surface area contributed by atoms with E-state index in [0.717, 1.165) is 19.3 Å². The smallest absolute Gasteiger partial charge is 0.224 e. The molecule has 0 radical (unpaired) electrons. The van der Waals surface area contributed by atoms with Gasteiger partial charge in [0.2, 0.25) is 5.91 Å². The summed E-state index contributed by atoms with van der Waals surface area (Å²) in [5.41, 5.74) is 1.04. The van der Waals surface area contributed by atoms with Gasteiger partial charge < -0.3 is 15.2 Å². The molecule has 1 saturated heterocycles. The fourth-order valence-electron chi connectivity index (χ4n) is 3.31. The molecule has 1 amide bonds. The molecule has 2 N–H and O–H groups in total. The van der Waals surface area contributed by atoms with Crippen molar-refractivity contribution in [3.63, 3.8) is 0 Å². The van der Waals surface area contributed by atoms with Gasteiger partial charge in [-0.2, -0.15) is 0 Å². The van der Waals surface area contributed by atoms with Crippen LogP contribution in [-0.2, 0) is 9.53 Å². The van der Waals surface area contributed by atoms with Gasteiger partial charge in [-0.3, -0.25) is 4.79 Å². The van der Waals surface area contributed by atoms with Gasteiger partial charge in [-0.1, -0.05) is 0 Å². The normalized spacial score (nSPS) is 27.3. The first-order chi connectivity index (χ1) is 10.2. The highest BCUT2D eigenvalue weighted by Crippen LogP contribution is 2.50. The molecule has 0 bridgehead atoms. The molecule has 4 nitrogen and oxygen atoms in total. The predicted molar refractivity (Wildman–Crippen MR) is 82.5 cm³/mol.